The van der Waals surface area contributed by atoms with Crippen LogP contribution in [0.2, 0.25) is 0 Å². The van der Waals surface area contributed by atoms with Crippen molar-refractivity contribution in [3.63, 3.8) is 0 Å². The van der Waals surface area contributed by atoms with E-state index in [0.29, 0.717) is 25.7 Å². The van der Waals surface area contributed by atoms with E-state index in [1.54, 1.807) is 0 Å². The van der Waals surface area contributed by atoms with Crippen LogP contribution in [-0.2, 0) is 16.1 Å². The Hall–Kier alpha value is -1.39. The Morgan fingerprint density at radius 2 is 2.24 bits per heavy atom. The van der Waals surface area contributed by atoms with Crippen LogP contribution in [0.25, 0.3) is 0 Å². The molecule has 4 nitrogen and oxygen atoms in total. The fourth-order valence-corrected chi connectivity index (χ4v) is 3.74. The molecule has 2 fully saturated rings. The number of hydrogen-bond acceptors (Lipinski definition) is 3. The molecule has 0 amide bonds. The molecule has 0 radical (unpaired) electrons. The van der Waals surface area contributed by atoms with Crippen LogP contribution in [0, 0.1) is 11.3 Å². The Labute approximate surface area is 125 Å². The molecule has 21 heavy (non-hydrogen) atoms. The number of carboxylic acids is 1. The summed E-state index contributed by atoms with van der Waals surface area (Å²) in [4.78, 5) is 14.0. The smallest absolute Gasteiger partial charge is 0.313 e. The molecule has 0 saturated carbocycles. The zero-order chi connectivity index (χ0) is 15.0. The lowest BCUT2D eigenvalue weighted by Gasteiger charge is -2.23. The zero-order valence-corrected chi connectivity index (χ0v) is 12.7. The molecule has 1 aromatic carbocycles. The summed E-state index contributed by atoms with van der Waals surface area (Å²) in [7, 11) is 0. The Morgan fingerprint density at radius 1 is 1.48 bits per heavy atom. The van der Waals surface area contributed by atoms with Crippen LogP contribution in [0.5, 0.6) is 0 Å². The van der Waals surface area contributed by atoms with Crippen molar-refractivity contribution in [1.82, 2.24) is 4.90 Å². The predicted octanol–water partition coefficient (Wildman–Crippen LogP) is 2.34. The van der Waals surface area contributed by atoms with Crippen molar-refractivity contribution in [3.05, 3.63) is 35.4 Å². The second kappa shape index (κ2) is 5.43. The Bertz CT molecular complexity index is 543. The van der Waals surface area contributed by atoms with Gasteiger partial charge >= 0.3 is 5.97 Å². The van der Waals surface area contributed by atoms with Crippen LogP contribution in [0.4, 0.5) is 0 Å². The molecule has 1 N–H and O–H groups in total. The third-order valence-corrected chi connectivity index (χ3v) is 4.94. The molecule has 0 bridgehead atoms. The van der Waals surface area contributed by atoms with Crippen molar-refractivity contribution in [2.75, 3.05) is 26.3 Å². The summed E-state index contributed by atoms with van der Waals surface area (Å²) in [5.41, 5.74) is 1.98. The predicted molar refractivity (Wildman–Crippen MR) is 80.2 cm³/mol. The monoisotopic (exact) mass is 289 g/mol. The quantitative estimate of drug-likeness (QED) is 0.924. The topological polar surface area (TPSA) is 49.8 Å². The molecule has 2 aliphatic rings. The molecule has 114 valence electrons. The number of carboxylic acid groups (broad SMARTS) is 1. The molecule has 0 unspecified atom stereocenters. The number of ether oxygens (including phenoxy) is 1. The maximum absolute atomic E-state index is 11.7. The van der Waals surface area contributed by atoms with Crippen molar-refractivity contribution < 1.29 is 14.6 Å². The molecule has 0 aromatic heterocycles. The van der Waals surface area contributed by atoms with Gasteiger partial charge in [-0.05, 0) is 17.0 Å². The molecule has 0 spiro atoms. The van der Waals surface area contributed by atoms with Gasteiger partial charge in [-0.3, -0.25) is 9.69 Å². The van der Waals surface area contributed by atoms with Crippen molar-refractivity contribution in [2.45, 2.75) is 26.3 Å². The van der Waals surface area contributed by atoms with E-state index in [0.717, 1.165) is 13.1 Å². The van der Waals surface area contributed by atoms with E-state index >= 15 is 0 Å². The molecule has 3 rings (SSSR count). The van der Waals surface area contributed by atoms with Gasteiger partial charge < -0.3 is 9.84 Å². The van der Waals surface area contributed by atoms with Gasteiger partial charge in [0.1, 0.15) is 5.41 Å². The summed E-state index contributed by atoms with van der Waals surface area (Å²) in [5, 5.41) is 9.59. The lowest BCUT2D eigenvalue weighted by molar-refractivity contribution is -0.149. The molecule has 0 aliphatic carbocycles. The second-order valence-corrected chi connectivity index (χ2v) is 6.70. The van der Waals surface area contributed by atoms with Crippen LogP contribution in [0.15, 0.2) is 24.3 Å². The summed E-state index contributed by atoms with van der Waals surface area (Å²) < 4.78 is 5.43. The van der Waals surface area contributed by atoms with Gasteiger partial charge in [0, 0.05) is 25.6 Å². The van der Waals surface area contributed by atoms with E-state index in [4.69, 9.17) is 4.74 Å². The van der Waals surface area contributed by atoms with E-state index in [2.05, 4.69) is 43.0 Å². The minimum atomic E-state index is -0.704. The lowest BCUT2D eigenvalue weighted by Crippen LogP contribution is -2.38. The average molecular weight is 289 g/mol. The number of fused-ring (bicyclic) bond motifs is 1. The third-order valence-electron chi connectivity index (χ3n) is 4.94. The third kappa shape index (κ3) is 2.47. The number of benzene rings is 1. The van der Waals surface area contributed by atoms with Crippen molar-refractivity contribution in [1.29, 1.82) is 0 Å². The van der Waals surface area contributed by atoms with Crippen LogP contribution in [-0.4, -0.2) is 42.3 Å². The molecule has 2 atom stereocenters. The van der Waals surface area contributed by atoms with E-state index in [-0.39, 0.29) is 5.92 Å². The van der Waals surface area contributed by atoms with Gasteiger partial charge in [0.15, 0.2) is 0 Å². The second-order valence-electron chi connectivity index (χ2n) is 6.70. The minimum Gasteiger partial charge on any atom is -0.481 e. The molecule has 4 heteroatoms. The standard InChI is InChI=1S/C17H23NO3/c1-12(2)15-6-4-3-5-13(15)7-18-8-14-9-21-11-17(14,10-18)16(19)20/h3-6,12,14H,7-11H2,1-2H3,(H,19,20)/t14-,17-/m1/s1. The first-order valence-electron chi connectivity index (χ1n) is 7.64. The summed E-state index contributed by atoms with van der Waals surface area (Å²) >= 11 is 0. The van der Waals surface area contributed by atoms with E-state index in [9.17, 15) is 9.90 Å². The molecular weight excluding hydrogens is 266 g/mol. The van der Waals surface area contributed by atoms with Crippen LogP contribution in [0.3, 0.4) is 0 Å². The first-order valence-corrected chi connectivity index (χ1v) is 7.64. The van der Waals surface area contributed by atoms with Gasteiger partial charge in [0.2, 0.25) is 0 Å². The fourth-order valence-electron chi connectivity index (χ4n) is 3.74. The largest absolute Gasteiger partial charge is 0.481 e. The van der Waals surface area contributed by atoms with Gasteiger partial charge in [0.25, 0.3) is 0 Å². The number of hydrogen-bond donors (Lipinski definition) is 1. The van der Waals surface area contributed by atoms with E-state index in [1.165, 1.54) is 11.1 Å². The Kier molecular flexibility index (Phi) is 3.76. The maximum atomic E-state index is 11.7. The first kappa shape index (κ1) is 14.5. The van der Waals surface area contributed by atoms with Crippen LogP contribution >= 0.6 is 0 Å². The normalized spacial score (nSPS) is 29.0. The minimum absolute atomic E-state index is 0.126. The van der Waals surface area contributed by atoms with Crippen LogP contribution < -0.4 is 0 Å². The highest BCUT2D eigenvalue weighted by Gasteiger charge is 2.56. The summed E-state index contributed by atoms with van der Waals surface area (Å²) in [6.45, 7) is 7.58. The van der Waals surface area contributed by atoms with Crippen molar-refractivity contribution in [3.8, 4) is 0 Å². The fraction of sp³-hybridized carbons (Fsp3) is 0.588. The number of carbonyl (C=O) groups is 1. The van der Waals surface area contributed by atoms with Crippen molar-refractivity contribution >= 4 is 5.97 Å². The lowest BCUT2D eigenvalue weighted by atomic mass is 9.81. The number of nitrogens with zero attached hydrogens (tertiary/aromatic N) is 1. The molecule has 2 heterocycles. The maximum Gasteiger partial charge on any atom is 0.313 e. The van der Waals surface area contributed by atoms with Crippen LogP contribution in [0.1, 0.15) is 30.9 Å². The highest BCUT2D eigenvalue weighted by Crippen LogP contribution is 2.42. The highest BCUT2D eigenvalue weighted by atomic mass is 16.5. The van der Waals surface area contributed by atoms with Gasteiger partial charge in [-0.1, -0.05) is 38.1 Å². The van der Waals surface area contributed by atoms with Gasteiger partial charge in [0.05, 0.1) is 13.2 Å². The molecule has 1 aromatic rings. The summed E-state index contributed by atoms with van der Waals surface area (Å²) in [6.07, 6.45) is 0. The van der Waals surface area contributed by atoms with Crippen molar-refractivity contribution in [2.24, 2.45) is 11.3 Å². The summed E-state index contributed by atoms with van der Waals surface area (Å²) in [5.74, 6) is -0.0917. The highest BCUT2D eigenvalue weighted by molar-refractivity contribution is 5.76. The zero-order valence-electron chi connectivity index (χ0n) is 12.7. The number of rotatable bonds is 4. The van der Waals surface area contributed by atoms with Gasteiger partial charge in [-0.2, -0.15) is 0 Å². The Balaban J connectivity index is 1.78. The Morgan fingerprint density at radius 3 is 2.90 bits per heavy atom. The van der Waals surface area contributed by atoms with Gasteiger partial charge in [-0.25, -0.2) is 0 Å². The number of aliphatic carboxylic acids is 1. The molecule has 2 saturated heterocycles. The van der Waals surface area contributed by atoms with E-state index in [1.807, 2.05) is 0 Å². The molecular formula is C17H23NO3. The number of likely N-dealkylation sites (tertiary alicyclic amines) is 1. The SMILES string of the molecule is CC(C)c1ccccc1CN1C[C@@H]2COC[C@]2(C(=O)O)C1. The average Bonchev–Trinajstić information content (AvgIpc) is 2.96. The summed E-state index contributed by atoms with van der Waals surface area (Å²) in [6, 6.07) is 8.47. The van der Waals surface area contributed by atoms with Gasteiger partial charge in [-0.15, -0.1) is 0 Å². The molecule has 2 aliphatic heterocycles. The van der Waals surface area contributed by atoms with E-state index < -0.39 is 11.4 Å². The first-order chi connectivity index (χ1) is 10.0.